The number of aryl methyl sites for hydroxylation is 1. The molecule has 1 aromatic carbocycles. The minimum atomic E-state index is 0.0551. The molecule has 2 N–H and O–H groups in total. The van der Waals surface area contributed by atoms with E-state index in [0.717, 1.165) is 30.0 Å². The Hall–Kier alpha value is -1.16. The van der Waals surface area contributed by atoms with E-state index in [1.165, 1.54) is 18.4 Å². The molecule has 2 rings (SSSR count). The molecule has 116 valence electrons. The van der Waals surface area contributed by atoms with Crippen molar-refractivity contribution in [3.05, 3.63) is 29.3 Å². The first-order chi connectivity index (χ1) is 10.2. The molecule has 3 nitrogen and oxygen atoms in total. The van der Waals surface area contributed by atoms with Crippen molar-refractivity contribution in [1.29, 1.82) is 0 Å². The summed E-state index contributed by atoms with van der Waals surface area (Å²) in [4.78, 5) is 12.6. The van der Waals surface area contributed by atoms with Crippen LogP contribution in [-0.4, -0.2) is 29.5 Å². The first-order valence-corrected chi connectivity index (χ1v) is 8.97. The zero-order valence-corrected chi connectivity index (χ0v) is 14.1. The van der Waals surface area contributed by atoms with Crippen LogP contribution in [0.4, 0.5) is 5.69 Å². The smallest absolute Gasteiger partial charge is 0.253 e. The summed E-state index contributed by atoms with van der Waals surface area (Å²) in [6.07, 6.45) is 3.54. The molecule has 4 heteroatoms. The van der Waals surface area contributed by atoms with Gasteiger partial charge in [-0.25, -0.2) is 0 Å². The predicted octanol–water partition coefficient (Wildman–Crippen LogP) is 3.83. The molecule has 0 bridgehead atoms. The Morgan fingerprint density at radius 2 is 2.14 bits per heavy atom. The lowest BCUT2D eigenvalue weighted by atomic mass is 10.1. The SMILES string of the molecule is CCNc1cc(C)ccc1C(=O)NC1CCCC1SCC. The van der Waals surface area contributed by atoms with Crippen molar-refractivity contribution in [2.24, 2.45) is 0 Å². The number of hydrogen-bond donors (Lipinski definition) is 2. The number of carbonyl (C=O) groups excluding carboxylic acids is 1. The van der Waals surface area contributed by atoms with E-state index in [2.05, 4.69) is 24.5 Å². The highest BCUT2D eigenvalue weighted by atomic mass is 32.2. The van der Waals surface area contributed by atoms with E-state index in [4.69, 9.17) is 0 Å². The van der Waals surface area contributed by atoms with Gasteiger partial charge in [-0.2, -0.15) is 11.8 Å². The van der Waals surface area contributed by atoms with Crippen LogP contribution in [0, 0.1) is 6.92 Å². The summed E-state index contributed by atoms with van der Waals surface area (Å²) in [6.45, 7) is 7.11. The van der Waals surface area contributed by atoms with Crippen molar-refractivity contribution in [3.8, 4) is 0 Å². The Balaban J connectivity index is 2.09. The van der Waals surface area contributed by atoms with E-state index in [-0.39, 0.29) is 5.91 Å². The Morgan fingerprint density at radius 3 is 2.86 bits per heavy atom. The van der Waals surface area contributed by atoms with Gasteiger partial charge in [0.25, 0.3) is 5.91 Å². The van der Waals surface area contributed by atoms with Crippen molar-refractivity contribution in [3.63, 3.8) is 0 Å². The van der Waals surface area contributed by atoms with Gasteiger partial charge in [0.05, 0.1) is 5.56 Å². The molecule has 2 atom stereocenters. The van der Waals surface area contributed by atoms with Crippen molar-refractivity contribution in [1.82, 2.24) is 5.32 Å². The number of anilines is 1. The van der Waals surface area contributed by atoms with Crippen molar-refractivity contribution in [2.75, 3.05) is 17.6 Å². The molecule has 0 saturated heterocycles. The lowest BCUT2D eigenvalue weighted by molar-refractivity contribution is 0.0939. The second-order valence-corrected chi connectivity index (χ2v) is 7.10. The maximum atomic E-state index is 12.6. The standard InChI is InChI=1S/C17H26N2OS/c1-4-18-15-11-12(3)9-10-13(15)17(20)19-14-7-6-8-16(14)21-5-2/h9-11,14,16,18H,4-8H2,1-3H3,(H,19,20). The van der Waals surface area contributed by atoms with Crippen LogP contribution in [0.3, 0.4) is 0 Å². The molecule has 1 saturated carbocycles. The van der Waals surface area contributed by atoms with E-state index in [1.54, 1.807) is 0 Å². The van der Waals surface area contributed by atoms with Crippen LogP contribution in [-0.2, 0) is 0 Å². The van der Waals surface area contributed by atoms with Crippen LogP contribution in [0.5, 0.6) is 0 Å². The van der Waals surface area contributed by atoms with Crippen LogP contribution < -0.4 is 10.6 Å². The Morgan fingerprint density at radius 1 is 1.33 bits per heavy atom. The summed E-state index contributed by atoms with van der Waals surface area (Å²) < 4.78 is 0. The fourth-order valence-corrected chi connectivity index (χ4v) is 4.14. The van der Waals surface area contributed by atoms with Gasteiger partial charge in [-0.3, -0.25) is 4.79 Å². The quantitative estimate of drug-likeness (QED) is 0.839. The normalized spacial score (nSPS) is 21.3. The zero-order chi connectivity index (χ0) is 15.2. The summed E-state index contributed by atoms with van der Waals surface area (Å²) in [7, 11) is 0. The Labute approximate surface area is 132 Å². The molecule has 0 radical (unpaired) electrons. The van der Waals surface area contributed by atoms with Crippen LogP contribution in [0.15, 0.2) is 18.2 Å². The van der Waals surface area contributed by atoms with Gasteiger partial charge in [0, 0.05) is 23.5 Å². The monoisotopic (exact) mass is 306 g/mol. The first kappa shape index (κ1) is 16.2. The fourth-order valence-electron chi connectivity index (χ4n) is 2.94. The molecule has 1 aliphatic carbocycles. The molecule has 2 unspecified atom stereocenters. The molecule has 0 heterocycles. The Kier molecular flexibility index (Phi) is 5.97. The van der Waals surface area contributed by atoms with Crippen LogP contribution in [0.1, 0.15) is 49.0 Å². The number of hydrogen-bond acceptors (Lipinski definition) is 3. The molecule has 0 spiro atoms. The van der Waals surface area contributed by atoms with Gasteiger partial charge in [-0.15, -0.1) is 0 Å². The van der Waals surface area contributed by atoms with Gasteiger partial charge < -0.3 is 10.6 Å². The average molecular weight is 306 g/mol. The number of nitrogens with one attached hydrogen (secondary N) is 2. The molecule has 1 amide bonds. The van der Waals surface area contributed by atoms with E-state index in [9.17, 15) is 4.79 Å². The maximum absolute atomic E-state index is 12.6. The lowest BCUT2D eigenvalue weighted by Crippen LogP contribution is -2.39. The molecule has 1 aliphatic rings. The van der Waals surface area contributed by atoms with Crippen LogP contribution in [0.2, 0.25) is 0 Å². The largest absolute Gasteiger partial charge is 0.385 e. The third kappa shape index (κ3) is 4.16. The van der Waals surface area contributed by atoms with Crippen LogP contribution >= 0.6 is 11.8 Å². The summed E-state index contributed by atoms with van der Waals surface area (Å²) >= 11 is 1.97. The lowest BCUT2D eigenvalue weighted by Gasteiger charge is -2.21. The molecular weight excluding hydrogens is 280 g/mol. The molecule has 0 aromatic heterocycles. The molecular formula is C17H26N2OS. The third-order valence-corrected chi connectivity index (χ3v) is 5.26. The molecule has 1 aromatic rings. The summed E-state index contributed by atoms with van der Waals surface area (Å²) in [6, 6.07) is 6.30. The number of rotatable bonds is 6. The second kappa shape index (κ2) is 7.74. The van der Waals surface area contributed by atoms with E-state index in [1.807, 2.05) is 36.9 Å². The Bertz CT molecular complexity index is 490. The van der Waals surface area contributed by atoms with Gasteiger partial charge in [0.2, 0.25) is 0 Å². The summed E-state index contributed by atoms with van der Waals surface area (Å²) in [5.74, 6) is 1.17. The van der Waals surface area contributed by atoms with Gasteiger partial charge in [-0.05, 0) is 50.1 Å². The molecule has 1 fully saturated rings. The highest BCUT2D eigenvalue weighted by Crippen LogP contribution is 2.30. The van der Waals surface area contributed by atoms with Crippen molar-refractivity contribution in [2.45, 2.75) is 51.3 Å². The highest BCUT2D eigenvalue weighted by Gasteiger charge is 2.29. The first-order valence-electron chi connectivity index (χ1n) is 7.92. The zero-order valence-electron chi connectivity index (χ0n) is 13.2. The molecule has 0 aliphatic heterocycles. The minimum absolute atomic E-state index is 0.0551. The van der Waals surface area contributed by atoms with E-state index < -0.39 is 0 Å². The second-order valence-electron chi connectivity index (χ2n) is 5.58. The van der Waals surface area contributed by atoms with Crippen molar-refractivity contribution >= 4 is 23.4 Å². The predicted molar refractivity (Wildman–Crippen MR) is 92.4 cm³/mol. The number of carbonyl (C=O) groups is 1. The van der Waals surface area contributed by atoms with Crippen molar-refractivity contribution < 1.29 is 4.79 Å². The number of thioether (sulfide) groups is 1. The minimum Gasteiger partial charge on any atom is -0.385 e. The van der Waals surface area contributed by atoms with Gasteiger partial charge in [0.15, 0.2) is 0 Å². The van der Waals surface area contributed by atoms with Gasteiger partial charge in [-0.1, -0.05) is 19.4 Å². The fraction of sp³-hybridized carbons (Fsp3) is 0.588. The molecule has 21 heavy (non-hydrogen) atoms. The topological polar surface area (TPSA) is 41.1 Å². The summed E-state index contributed by atoms with van der Waals surface area (Å²) in [5.41, 5.74) is 2.87. The number of amides is 1. The van der Waals surface area contributed by atoms with Gasteiger partial charge >= 0.3 is 0 Å². The average Bonchev–Trinajstić information content (AvgIpc) is 2.87. The maximum Gasteiger partial charge on any atom is 0.253 e. The van der Waals surface area contributed by atoms with E-state index >= 15 is 0 Å². The third-order valence-electron chi connectivity index (χ3n) is 3.94. The number of benzene rings is 1. The van der Waals surface area contributed by atoms with E-state index in [0.29, 0.717) is 11.3 Å². The van der Waals surface area contributed by atoms with Gasteiger partial charge in [0.1, 0.15) is 0 Å². The highest BCUT2D eigenvalue weighted by molar-refractivity contribution is 7.99. The van der Waals surface area contributed by atoms with Crippen LogP contribution in [0.25, 0.3) is 0 Å². The summed E-state index contributed by atoms with van der Waals surface area (Å²) in [5, 5.41) is 7.12.